The van der Waals surface area contributed by atoms with Gasteiger partial charge in [0.1, 0.15) is 5.75 Å². The van der Waals surface area contributed by atoms with Crippen molar-refractivity contribution in [3.63, 3.8) is 0 Å². The first kappa shape index (κ1) is 20.4. The van der Waals surface area contributed by atoms with Crippen LogP contribution in [0.4, 0.5) is 5.69 Å². The first-order chi connectivity index (χ1) is 12.2. The van der Waals surface area contributed by atoms with Crippen molar-refractivity contribution in [3.8, 4) is 0 Å². The molecule has 0 atom stereocenters. The highest BCUT2D eigenvalue weighted by molar-refractivity contribution is 9.10. The summed E-state index contributed by atoms with van der Waals surface area (Å²) in [5, 5.41) is 5.40. The van der Waals surface area contributed by atoms with Crippen LogP contribution in [0.3, 0.4) is 0 Å². The van der Waals surface area contributed by atoms with E-state index in [4.69, 9.17) is 11.6 Å². The maximum absolute atomic E-state index is 12.1. The molecule has 0 aromatic heterocycles. The molecule has 0 bridgehead atoms. The van der Waals surface area contributed by atoms with Crippen molar-refractivity contribution >= 4 is 54.9 Å². The molecule has 0 fully saturated rings. The van der Waals surface area contributed by atoms with E-state index in [0.29, 0.717) is 16.3 Å². The Bertz CT molecular complexity index is 901. The summed E-state index contributed by atoms with van der Waals surface area (Å²) in [6, 6.07) is 13.3. The second-order valence-corrected chi connectivity index (χ2v) is 8.91. The van der Waals surface area contributed by atoms with Crippen molar-refractivity contribution in [2.45, 2.75) is 5.75 Å². The van der Waals surface area contributed by atoms with Gasteiger partial charge in [-0.15, -0.1) is 0 Å². The van der Waals surface area contributed by atoms with Gasteiger partial charge in [0.25, 0.3) is 0 Å². The molecule has 0 unspecified atom stereocenters. The van der Waals surface area contributed by atoms with Crippen LogP contribution in [0.5, 0.6) is 0 Å². The molecule has 2 aromatic carbocycles. The Morgan fingerprint density at radius 1 is 1.04 bits per heavy atom. The maximum Gasteiger partial charge on any atom is 0.243 e. The Labute approximate surface area is 165 Å². The first-order valence-corrected chi connectivity index (χ1v) is 10.5. The van der Waals surface area contributed by atoms with E-state index in [1.165, 1.54) is 0 Å². The Balaban J connectivity index is 1.81. The second-order valence-electron chi connectivity index (χ2n) is 5.49. The van der Waals surface area contributed by atoms with Gasteiger partial charge >= 0.3 is 0 Å². The number of halogens is 2. The smallest absolute Gasteiger partial charge is 0.243 e. The highest BCUT2D eigenvalue weighted by Gasteiger charge is 2.18. The Kier molecular flexibility index (Phi) is 7.19. The first-order valence-electron chi connectivity index (χ1n) is 7.50. The lowest BCUT2D eigenvalue weighted by atomic mass is 10.2. The summed E-state index contributed by atoms with van der Waals surface area (Å²) < 4.78 is 25.0. The molecular weight excluding hydrogens is 444 g/mol. The average molecular weight is 460 g/mol. The van der Waals surface area contributed by atoms with Crippen LogP contribution in [0.1, 0.15) is 5.56 Å². The van der Waals surface area contributed by atoms with E-state index < -0.39 is 27.4 Å². The van der Waals surface area contributed by atoms with Crippen molar-refractivity contribution in [3.05, 3.63) is 63.6 Å². The third-order valence-corrected chi connectivity index (χ3v) is 5.42. The number of sulfone groups is 1. The number of nitrogens with one attached hydrogen (secondary N) is 2. The predicted molar refractivity (Wildman–Crippen MR) is 105 cm³/mol. The molecule has 0 heterocycles. The zero-order valence-electron chi connectivity index (χ0n) is 13.5. The van der Waals surface area contributed by atoms with Gasteiger partial charge in [-0.05, 0) is 42.0 Å². The highest BCUT2D eigenvalue weighted by Crippen LogP contribution is 2.14. The summed E-state index contributed by atoms with van der Waals surface area (Å²) in [6.45, 7) is -0.326. The van der Waals surface area contributed by atoms with Crippen LogP contribution in [0.15, 0.2) is 53.0 Å². The Morgan fingerprint density at radius 3 is 2.38 bits per heavy atom. The van der Waals surface area contributed by atoms with Crippen LogP contribution in [-0.2, 0) is 25.2 Å². The molecule has 0 spiro atoms. The number of carbonyl (C=O) groups is 2. The molecule has 0 saturated heterocycles. The van der Waals surface area contributed by atoms with Crippen LogP contribution in [0.25, 0.3) is 0 Å². The van der Waals surface area contributed by atoms with Gasteiger partial charge < -0.3 is 10.6 Å². The van der Waals surface area contributed by atoms with Crippen molar-refractivity contribution in [2.75, 3.05) is 17.6 Å². The van der Waals surface area contributed by atoms with Gasteiger partial charge in [0.15, 0.2) is 9.84 Å². The predicted octanol–water partition coefficient (Wildman–Crippen LogP) is 2.77. The van der Waals surface area contributed by atoms with Gasteiger partial charge in [-0.1, -0.05) is 39.7 Å². The molecular formula is C17H16BrClN2O4S. The van der Waals surface area contributed by atoms with Gasteiger partial charge in [-0.25, -0.2) is 8.42 Å². The number of amides is 2. The molecule has 0 radical (unpaired) electrons. The number of anilines is 1. The van der Waals surface area contributed by atoms with Crippen molar-refractivity contribution in [2.24, 2.45) is 0 Å². The molecule has 0 aliphatic rings. The average Bonchev–Trinajstić information content (AvgIpc) is 2.54. The summed E-state index contributed by atoms with van der Waals surface area (Å²) in [4.78, 5) is 23.6. The molecule has 0 saturated carbocycles. The third-order valence-electron chi connectivity index (χ3n) is 3.20. The minimum atomic E-state index is -3.64. The molecule has 9 heteroatoms. The molecule has 2 rings (SSSR count). The SMILES string of the molecule is O=C(CS(=O)(=O)Cc1cccc(Br)c1)NCC(=O)Nc1ccc(Cl)cc1. The lowest BCUT2D eigenvalue weighted by molar-refractivity contribution is -0.122. The van der Waals surface area contributed by atoms with Gasteiger partial charge in [0.2, 0.25) is 11.8 Å². The van der Waals surface area contributed by atoms with E-state index in [-0.39, 0.29) is 12.3 Å². The molecule has 2 N–H and O–H groups in total. The fourth-order valence-corrected chi connectivity index (χ4v) is 3.96. The number of hydrogen-bond donors (Lipinski definition) is 2. The van der Waals surface area contributed by atoms with Crippen LogP contribution in [0, 0.1) is 0 Å². The van der Waals surface area contributed by atoms with E-state index in [0.717, 1.165) is 4.47 Å². The fraction of sp³-hybridized carbons (Fsp3) is 0.176. The summed E-state index contributed by atoms with van der Waals surface area (Å²) in [6.07, 6.45) is 0. The number of benzene rings is 2. The molecule has 6 nitrogen and oxygen atoms in total. The van der Waals surface area contributed by atoms with Crippen LogP contribution in [0.2, 0.25) is 5.02 Å². The Morgan fingerprint density at radius 2 is 1.73 bits per heavy atom. The standard InChI is InChI=1S/C17H16BrClN2O4S/c18-13-3-1-2-12(8-13)10-26(24,25)11-17(23)20-9-16(22)21-15-6-4-14(19)5-7-15/h1-8H,9-11H2,(H,20,23)(H,21,22). The number of hydrogen-bond acceptors (Lipinski definition) is 4. The van der Waals surface area contributed by atoms with Gasteiger partial charge in [-0.3, -0.25) is 9.59 Å². The monoisotopic (exact) mass is 458 g/mol. The van der Waals surface area contributed by atoms with E-state index in [1.807, 2.05) is 0 Å². The second kappa shape index (κ2) is 9.16. The zero-order chi connectivity index (χ0) is 19.2. The van der Waals surface area contributed by atoms with Gasteiger partial charge in [-0.2, -0.15) is 0 Å². The number of rotatable bonds is 7. The number of carbonyl (C=O) groups excluding carboxylic acids is 2. The molecule has 2 amide bonds. The van der Waals surface area contributed by atoms with Gasteiger partial charge in [0, 0.05) is 15.2 Å². The summed E-state index contributed by atoms with van der Waals surface area (Å²) in [5.41, 5.74) is 1.10. The highest BCUT2D eigenvalue weighted by atomic mass is 79.9. The van der Waals surface area contributed by atoms with E-state index in [1.54, 1.807) is 48.5 Å². The normalized spacial score (nSPS) is 11.0. The largest absolute Gasteiger partial charge is 0.346 e. The van der Waals surface area contributed by atoms with E-state index >= 15 is 0 Å². The topological polar surface area (TPSA) is 92.3 Å². The molecule has 138 valence electrons. The Hall–Kier alpha value is -1.90. The van der Waals surface area contributed by atoms with Crippen LogP contribution < -0.4 is 10.6 Å². The summed E-state index contributed by atoms with van der Waals surface area (Å²) in [7, 11) is -3.64. The fourth-order valence-electron chi connectivity index (χ4n) is 2.10. The van der Waals surface area contributed by atoms with Crippen molar-refractivity contribution in [1.82, 2.24) is 5.32 Å². The summed E-state index contributed by atoms with van der Waals surface area (Å²) in [5.74, 6) is -2.14. The van der Waals surface area contributed by atoms with Crippen LogP contribution >= 0.6 is 27.5 Å². The molecule has 2 aromatic rings. The minimum absolute atomic E-state index is 0.253. The van der Waals surface area contributed by atoms with E-state index in [9.17, 15) is 18.0 Å². The van der Waals surface area contributed by atoms with Crippen molar-refractivity contribution in [1.29, 1.82) is 0 Å². The zero-order valence-corrected chi connectivity index (χ0v) is 16.7. The molecule has 0 aliphatic carbocycles. The quantitative estimate of drug-likeness (QED) is 0.666. The lowest BCUT2D eigenvalue weighted by Gasteiger charge is -2.08. The minimum Gasteiger partial charge on any atom is -0.346 e. The maximum atomic E-state index is 12.1. The third kappa shape index (κ3) is 7.15. The van der Waals surface area contributed by atoms with E-state index in [2.05, 4.69) is 26.6 Å². The van der Waals surface area contributed by atoms with Crippen molar-refractivity contribution < 1.29 is 18.0 Å². The van der Waals surface area contributed by atoms with Gasteiger partial charge in [0.05, 0.1) is 12.3 Å². The molecule has 0 aliphatic heterocycles. The lowest BCUT2D eigenvalue weighted by Crippen LogP contribution is -2.36. The molecule has 26 heavy (non-hydrogen) atoms. The van der Waals surface area contributed by atoms with Crippen LogP contribution in [-0.4, -0.2) is 32.5 Å². The summed E-state index contributed by atoms with van der Waals surface area (Å²) >= 11 is 9.02.